The summed E-state index contributed by atoms with van der Waals surface area (Å²) in [6.45, 7) is 1.62. The number of aliphatic hydroxyl groups is 1. The normalized spacial score (nSPS) is 10.5. The molecule has 116 valence electrons. The molecule has 2 rings (SSSR count). The molecule has 0 aliphatic rings. The SMILES string of the molecule is Cc1[nH]c(=O)[nH]c(=O)c1C(=O)N(CCO)Cc1ccccc1. The zero-order chi connectivity index (χ0) is 16.1. The highest BCUT2D eigenvalue weighted by atomic mass is 16.3. The summed E-state index contributed by atoms with van der Waals surface area (Å²) in [5.41, 5.74) is -0.431. The Morgan fingerprint density at radius 1 is 1.18 bits per heavy atom. The fraction of sp³-hybridized carbons (Fsp3) is 0.267. The molecule has 2 aromatic rings. The summed E-state index contributed by atoms with van der Waals surface area (Å²) in [7, 11) is 0. The number of aryl methyl sites for hydroxylation is 1. The molecule has 1 amide bonds. The lowest BCUT2D eigenvalue weighted by molar-refractivity contribution is 0.0704. The van der Waals surface area contributed by atoms with Gasteiger partial charge in [0.05, 0.1) is 6.61 Å². The predicted octanol–water partition coefficient (Wildman–Crippen LogP) is 0.00632. The van der Waals surface area contributed by atoms with E-state index in [1.54, 1.807) is 0 Å². The number of hydrogen-bond acceptors (Lipinski definition) is 4. The molecule has 0 saturated heterocycles. The third-order valence-electron chi connectivity index (χ3n) is 3.22. The first-order valence-electron chi connectivity index (χ1n) is 6.80. The van der Waals surface area contributed by atoms with Crippen LogP contribution in [-0.2, 0) is 6.54 Å². The fourth-order valence-electron chi connectivity index (χ4n) is 2.19. The van der Waals surface area contributed by atoms with Gasteiger partial charge in [-0.1, -0.05) is 30.3 Å². The third-order valence-corrected chi connectivity index (χ3v) is 3.22. The Hall–Kier alpha value is -2.67. The predicted molar refractivity (Wildman–Crippen MR) is 80.7 cm³/mol. The molecule has 0 unspecified atom stereocenters. The molecule has 0 saturated carbocycles. The Balaban J connectivity index is 2.35. The van der Waals surface area contributed by atoms with E-state index in [4.69, 9.17) is 5.11 Å². The molecule has 0 bridgehead atoms. The minimum Gasteiger partial charge on any atom is -0.395 e. The number of hydrogen-bond donors (Lipinski definition) is 3. The molecular weight excluding hydrogens is 286 g/mol. The van der Waals surface area contributed by atoms with Gasteiger partial charge in [0.15, 0.2) is 0 Å². The van der Waals surface area contributed by atoms with Gasteiger partial charge in [-0.2, -0.15) is 0 Å². The highest BCUT2D eigenvalue weighted by Crippen LogP contribution is 2.08. The average Bonchev–Trinajstić information content (AvgIpc) is 2.46. The first-order chi connectivity index (χ1) is 10.5. The number of rotatable bonds is 5. The van der Waals surface area contributed by atoms with Gasteiger partial charge in [0.1, 0.15) is 5.56 Å². The maximum atomic E-state index is 12.6. The maximum absolute atomic E-state index is 12.6. The number of aromatic amines is 2. The van der Waals surface area contributed by atoms with E-state index in [0.29, 0.717) is 0 Å². The number of amides is 1. The topological polar surface area (TPSA) is 106 Å². The largest absolute Gasteiger partial charge is 0.395 e. The van der Waals surface area contributed by atoms with Crippen LogP contribution in [0.4, 0.5) is 0 Å². The second kappa shape index (κ2) is 6.86. The van der Waals surface area contributed by atoms with Crippen molar-refractivity contribution in [2.45, 2.75) is 13.5 Å². The lowest BCUT2D eigenvalue weighted by Gasteiger charge is -2.22. The number of nitrogens with one attached hydrogen (secondary N) is 2. The molecule has 0 atom stereocenters. The minimum absolute atomic E-state index is 0.0890. The number of carbonyl (C=O) groups excluding carboxylic acids is 1. The first kappa shape index (κ1) is 15.7. The second-order valence-electron chi connectivity index (χ2n) is 4.84. The van der Waals surface area contributed by atoms with Crippen LogP contribution in [0.1, 0.15) is 21.6 Å². The standard InChI is InChI=1S/C15H17N3O4/c1-10-12(13(20)17-15(22)16-10)14(21)18(7-8-19)9-11-5-3-2-4-6-11/h2-6,19H,7-9H2,1H3,(H2,16,17,20,22). The second-order valence-corrected chi connectivity index (χ2v) is 4.84. The zero-order valence-corrected chi connectivity index (χ0v) is 12.1. The van der Waals surface area contributed by atoms with Crippen molar-refractivity contribution >= 4 is 5.91 Å². The van der Waals surface area contributed by atoms with E-state index in [-0.39, 0.29) is 31.0 Å². The van der Waals surface area contributed by atoms with Crippen LogP contribution in [0.15, 0.2) is 39.9 Å². The number of H-pyrrole nitrogens is 2. The average molecular weight is 303 g/mol. The molecule has 3 N–H and O–H groups in total. The van der Waals surface area contributed by atoms with Crippen molar-refractivity contribution in [3.05, 3.63) is 68.0 Å². The van der Waals surface area contributed by atoms with E-state index in [0.717, 1.165) is 5.56 Å². The third kappa shape index (κ3) is 3.50. The number of carbonyl (C=O) groups is 1. The molecule has 1 aromatic heterocycles. The lowest BCUT2D eigenvalue weighted by atomic mass is 10.1. The molecule has 7 nitrogen and oxygen atoms in total. The Bertz CT molecular complexity index is 764. The van der Waals surface area contributed by atoms with Gasteiger partial charge >= 0.3 is 5.69 Å². The molecular formula is C15H17N3O4. The van der Waals surface area contributed by atoms with Gasteiger partial charge in [-0.05, 0) is 12.5 Å². The van der Waals surface area contributed by atoms with Crippen LogP contribution >= 0.6 is 0 Å². The Labute approximate surface area is 126 Å². The van der Waals surface area contributed by atoms with Crippen molar-refractivity contribution in [3.8, 4) is 0 Å². The number of aliphatic hydroxyl groups excluding tert-OH is 1. The molecule has 1 heterocycles. The molecule has 0 aliphatic heterocycles. The summed E-state index contributed by atoms with van der Waals surface area (Å²) >= 11 is 0. The summed E-state index contributed by atoms with van der Waals surface area (Å²) in [5.74, 6) is -0.534. The van der Waals surface area contributed by atoms with Crippen LogP contribution in [-0.4, -0.2) is 39.0 Å². The molecule has 7 heteroatoms. The van der Waals surface area contributed by atoms with Crippen LogP contribution in [0.2, 0.25) is 0 Å². The number of aromatic nitrogens is 2. The van der Waals surface area contributed by atoms with Gasteiger partial charge < -0.3 is 15.0 Å². The van der Waals surface area contributed by atoms with Crippen molar-refractivity contribution in [2.24, 2.45) is 0 Å². The van der Waals surface area contributed by atoms with Crippen LogP contribution in [0.5, 0.6) is 0 Å². The van der Waals surface area contributed by atoms with E-state index in [1.807, 2.05) is 35.3 Å². The summed E-state index contributed by atoms with van der Waals surface area (Å²) < 4.78 is 0. The van der Waals surface area contributed by atoms with Crippen molar-refractivity contribution in [2.75, 3.05) is 13.2 Å². The van der Waals surface area contributed by atoms with Crippen LogP contribution in [0.25, 0.3) is 0 Å². The quantitative estimate of drug-likeness (QED) is 0.723. The van der Waals surface area contributed by atoms with Gasteiger partial charge in [0, 0.05) is 18.8 Å². The zero-order valence-electron chi connectivity index (χ0n) is 12.1. The molecule has 0 aliphatic carbocycles. The van der Waals surface area contributed by atoms with Crippen LogP contribution in [0, 0.1) is 6.92 Å². The van der Waals surface area contributed by atoms with Crippen molar-refractivity contribution in [1.29, 1.82) is 0 Å². The highest BCUT2D eigenvalue weighted by molar-refractivity contribution is 5.94. The molecule has 1 aromatic carbocycles. The Morgan fingerprint density at radius 2 is 1.86 bits per heavy atom. The van der Waals surface area contributed by atoms with E-state index in [9.17, 15) is 14.4 Å². The number of nitrogens with zero attached hydrogens (tertiary/aromatic N) is 1. The van der Waals surface area contributed by atoms with Gasteiger partial charge in [0.2, 0.25) is 0 Å². The molecule has 0 fully saturated rings. The van der Waals surface area contributed by atoms with Gasteiger partial charge in [-0.25, -0.2) is 4.79 Å². The summed E-state index contributed by atoms with van der Waals surface area (Å²) in [4.78, 5) is 41.5. The maximum Gasteiger partial charge on any atom is 0.325 e. The summed E-state index contributed by atoms with van der Waals surface area (Å²) in [6.07, 6.45) is 0. The van der Waals surface area contributed by atoms with Gasteiger partial charge in [0.25, 0.3) is 11.5 Å². The van der Waals surface area contributed by atoms with Crippen LogP contribution in [0.3, 0.4) is 0 Å². The summed E-state index contributed by atoms with van der Waals surface area (Å²) in [6, 6.07) is 9.24. The van der Waals surface area contributed by atoms with Gasteiger partial charge in [-0.15, -0.1) is 0 Å². The van der Waals surface area contributed by atoms with E-state index in [2.05, 4.69) is 4.98 Å². The Kier molecular flexibility index (Phi) is 4.90. The fourth-order valence-corrected chi connectivity index (χ4v) is 2.19. The van der Waals surface area contributed by atoms with Crippen LogP contribution < -0.4 is 11.2 Å². The molecule has 22 heavy (non-hydrogen) atoms. The van der Waals surface area contributed by atoms with E-state index >= 15 is 0 Å². The minimum atomic E-state index is -0.734. The van der Waals surface area contributed by atoms with E-state index in [1.165, 1.54) is 11.8 Å². The Morgan fingerprint density at radius 3 is 2.45 bits per heavy atom. The van der Waals surface area contributed by atoms with Crippen molar-refractivity contribution < 1.29 is 9.90 Å². The lowest BCUT2D eigenvalue weighted by Crippen LogP contribution is -2.39. The monoisotopic (exact) mass is 303 g/mol. The van der Waals surface area contributed by atoms with Crippen molar-refractivity contribution in [3.63, 3.8) is 0 Å². The van der Waals surface area contributed by atoms with E-state index < -0.39 is 17.2 Å². The summed E-state index contributed by atoms with van der Waals surface area (Å²) in [5, 5.41) is 9.16. The first-order valence-corrected chi connectivity index (χ1v) is 6.80. The molecule has 0 radical (unpaired) electrons. The molecule has 0 spiro atoms. The van der Waals surface area contributed by atoms with Crippen molar-refractivity contribution in [1.82, 2.24) is 14.9 Å². The smallest absolute Gasteiger partial charge is 0.325 e. The highest BCUT2D eigenvalue weighted by Gasteiger charge is 2.21. The number of benzene rings is 1. The van der Waals surface area contributed by atoms with Gasteiger partial charge in [-0.3, -0.25) is 14.6 Å².